The smallest absolute Gasteiger partial charge is 0.410 e. The average Bonchev–Trinajstić information content (AvgIpc) is 2.27. The van der Waals surface area contributed by atoms with E-state index in [1.54, 1.807) is 0 Å². The van der Waals surface area contributed by atoms with Crippen LogP contribution >= 0.6 is 12.4 Å². The van der Waals surface area contributed by atoms with Crippen LogP contribution < -0.4 is 5.73 Å². The molecule has 1 aliphatic rings. The van der Waals surface area contributed by atoms with Crippen LogP contribution in [0.1, 0.15) is 52.9 Å². The first kappa shape index (κ1) is 18.5. The van der Waals surface area contributed by atoms with Crippen LogP contribution in [0.5, 0.6) is 0 Å². The monoisotopic (exact) mass is 292 g/mol. The number of nitrogens with two attached hydrogens (primary N) is 1. The molecule has 1 atom stereocenters. The van der Waals surface area contributed by atoms with E-state index in [9.17, 15) is 4.79 Å². The van der Waals surface area contributed by atoms with Gasteiger partial charge in [-0.25, -0.2) is 4.79 Å². The van der Waals surface area contributed by atoms with Crippen molar-refractivity contribution < 1.29 is 9.53 Å². The summed E-state index contributed by atoms with van der Waals surface area (Å²) in [7, 11) is 0. The molecule has 0 spiro atoms. The van der Waals surface area contributed by atoms with Gasteiger partial charge in [-0.2, -0.15) is 0 Å². The SMILES string of the molecule is CC(C)(C)OC(=O)N1CCCC(CCCCN)C1.Cl. The number of rotatable bonds is 4. The van der Waals surface area contributed by atoms with Crippen molar-refractivity contribution in [1.82, 2.24) is 4.90 Å². The van der Waals surface area contributed by atoms with Gasteiger partial charge in [0.1, 0.15) is 5.60 Å². The molecule has 0 bridgehead atoms. The van der Waals surface area contributed by atoms with Crippen molar-refractivity contribution in [3.8, 4) is 0 Å². The Hall–Kier alpha value is -0.480. The van der Waals surface area contributed by atoms with Gasteiger partial charge in [0.15, 0.2) is 0 Å². The number of carbonyl (C=O) groups is 1. The lowest BCUT2D eigenvalue weighted by Gasteiger charge is -2.34. The minimum atomic E-state index is -0.399. The molecular formula is C14H29ClN2O2. The summed E-state index contributed by atoms with van der Waals surface area (Å²) in [6, 6.07) is 0. The van der Waals surface area contributed by atoms with Crippen LogP contribution in [0.25, 0.3) is 0 Å². The molecule has 0 aromatic rings. The number of piperidine rings is 1. The van der Waals surface area contributed by atoms with Crippen molar-refractivity contribution >= 4 is 18.5 Å². The summed E-state index contributed by atoms with van der Waals surface area (Å²) < 4.78 is 5.42. The second-order valence-corrected chi connectivity index (χ2v) is 6.22. The van der Waals surface area contributed by atoms with Crippen LogP contribution in [0.2, 0.25) is 0 Å². The zero-order chi connectivity index (χ0) is 13.6. The summed E-state index contributed by atoms with van der Waals surface area (Å²) in [5, 5.41) is 0. The van der Waals surface area contributed by atoms with Gasteiger partial charge in [0.2, 0.25) is 0 Å². The highest BCUT2D eigenvalue weighted by Crippen LogP contribution is 2.23. The lowest BCUT2D eigenvalue weighted by atomic mass is 9.93. The van der Waals surface area contributed by atoms with Gasteiger partial charge in [-0.05, 0) is 58.9 Å². The van der Waals surface area contributed by atoms with E-state index < -0.39 is 5.60 Å². The molecule has 1 saturated heterocycles. The minimum absolute atomic E-state index is 0. The number of unbranched alkanes of at least 4 members (excludes halogenated alkanes) is 1. The fourth-order valence-electron chi connectivity index (χ4n) is 2.37. The Kier molecular flexibility index (Phi) is 8.42. The summed E-state index contributed by atoms with van der Waals surface area (Å²) in [5.74, 6) is 0.623. The number of hydrogen-bond acceptors (Lipinski definition) is 3. The van der Waals surface area contributed by atoms with Crippen molar-refractivity contribution in [2.75, 3.05) is 19.6 Å². The summed E-state index contributed by atoms with van der Waals surface area (Å²) >= 11 is 0. The largest absolute Gasteiger partial charge is 0.444 e. The molecule has 0 radical (unpaired) electrons. The highest BCUT2D eigenvalue weighted by Gasteiger charge is 2.27. The van der Waals surface area contributed by atoms with Crippen molar-refractivity contribution in [2.45, 2.75) is 58.5 Å². The van der Waals surface area contributed by atoms with Crippen LogP contribution in [0, 0.1) is 5.92 Å². The standard InChI is InChI=1S/C14H28N2O2.ClH/c1-14(2,3)18-13(17)16-10-6-8-12(11-16)7-4-5-9-15;/h12H,4-11,15H2,1-3H3;1H. The zero-order valence-corrected chi connectivity index (χ0v) is 13.3. The Morgan fingerprint density at radius 1 is 1.37 bits per heavy atom. The molecule has 1 heterocycles. The molecule has 1 amide bonds. The third kappa shape index (κ3) is 7.63. The van der Waals surface area contributed by atoms with Gasteiger partial charge < -0.3 is 15.4 Å². The number of carbonyl (C=O) groups excluding carboxylic acids is 1. The normalized spacial score (nSPS) is 19.8. The Labute approximate surface area is 123 Å². The number of likely N-dealkylation sites (tertiary alicyclic amines) is 1. The van der Waals surface area contributed by atoms with E-state index in [0.29, 0.717) is 5.92 Å². The molecule has 4 nitrogen and oxygen atoms in total. The molecule has 0 aromatic carbocycles. The van der Waals surface area contributed by atoms with Crippen molar-refractivity contribution in [3.05, 3.63) is 0 Å². The Balaban J connectivity index is 0.00000324. The number of ether oxygens (including phenoxy) is 1. The molecule has 1 fully saturated rings. The van der Waals surface area contributed by atoms with Crippen LogP contribution in [-0.2, 0) is 4.74 Å². The topological polar surface area (TPSA) is 55.6 Å². The van der Waals surface area contributed by atoms with Gasteiger partial charge in [-0.1, -0.05) is 6.42 Å². The lowest BCUT2D eigenvalue weighted by molar-refractivity contribution is 0.0160. The van der Waals surface area contributed by atoms with E-state index in [2.05, 4.69) is 0 Å². The molecule has 1 unspecified atom stereocenters. The number of halogens is 1. The summed E-state index contributed by atoms with van der Waals surface area (Å²) in [6.07, 6.45) is 5.59. The molecular weight excluding hydrogens is 264 g/mol. The van der Waals surface area contributed by atoms with Gasteiger partial charge >= 0.3 is 6.09 Å². The van der Waals surface area contributed by atoms with Gasteiger partial charge in [-0.15, -0.1) is 12.4 Å². The maximum absolute atomic E-state index is 12.0. The molecule has 114 valence electrons. The van der Waals surface area contributed by atoms with Crippen LogP contribution in [-0.4, -0.2) is 36.2 Å². The van der Waals surface area contributed by atoms with Crippen LogP contribution in [0.4, 0.5) is 4.79 Å². The van der Waals surface area contributed by atoms with E-state index in [4.69, 9.17) is 10.5 Å². The highest BCUT2D eigenvalue weighted by molar-refractivity contribution is 5.85. The molecule has 1 rings (SSSR count). The van der Waals surface area contributed by atoms with Gasteiger partial charge in [-0.3, -0.25) is 0 Å². The molecule has 0 aromatic heterocycles. The third-order valence-electron chi connectivity index (χ3n) is 3.24. The van der Waals surface area contributed by atoms with Crippen LogP contribution in [0.3, 0.4) is 0 Å². The van der Waals surface area contributed by atoms with Crippen molar-refractivity contribution in [1.29, 1.82) is 0 Å². The van der Waals surface area contributed by atoms with E-state index in [0.717, 1.165) is 32.5 Å². The molecule has 0 aliphatic carbocycles. The number of hydrogen-bond donors (Lipinski definition) is 1. The second kappa shape index (κ2) is 8.64. The van der Waals surface area contributed by atoms with Crippen molar-refractivity contribution in [2.24, 2.45) is 11.7 Å². The Morgan fingerprint density at radius 3 is 2.63 bits per heavy atom. The highest BCUT2D eigenvalue weighted by atomic mass is 35.5. The van der Waals surface area contributed by atoms with Gasteiger partial charge in [0.05, 0.1) is 0 Å². The fraction of sp³-hybridized carbons (Fsp3) is 0.929. The Bertz CT molecular complexity index is 267. The summed E-state index contributed by atoms with van der Waals surface area (Å²) in [5.41, 5.74) is 5.11. The minimum Gasteiger partial charge on any atom is -0.444 e. The quantitative estimate of drug-likeness (QED) is 0.810. The summed E-state index contributed by atoms with van der Waals surface area (Å²) in [6.45, 7) is 8.18. The first-order valence-corrected chi connectivity index (χ1v) is 7.10. The van der Waals surface area contributed by atoms with Gasteiger partial charge in [0.25, 0.3) is 0 Å². The first-order chi connectivity index (χ1) is 8.42. The lowest BCUT2D eigenvalue weighted by Crippen LogP contribution is -2.42. The van der Waals surface area contributed by atoms with Crippen molar-refractivity contribution in [3.63, 3.8) is 0 Å². The predicted octanol–water partition coefficient (Wildman–Crippen LogP) is 3.18. The molecule has 0 saturated carbocycles. The van der Waals surface area contributed by atoms with E-state index in [1.807, 2.05) is 25.7 Å². The first-order valence-electron chi connectivity index (χ1n) is 7.10. The molecule has 19 heavy (non-hydrogen) atoms. The Morgan fingerprint density at radius 2 is 2.05 bits per heavy atom. The van der Waals surface area contributed by atoms with E-state index >= 15 is 0 Å². The molecule has 5 heteroatoms. The number of amides is 1. The maximum atomic E-state index is 12.0. The predicted molar refractivity (Wildman–Crippen MR) is 80.7 cm³/mol. The van der Waals surface area contributed by atoms with Crippen LogP contribution in [0.15, 0.2) is 0 Å². The molecule has 2 N–H and O–H groups in total. The third-order valence-corrected chi connectivity index (χ3v) is 3.24. The number of nitrogens with zero attached hydrogens (tertiary/aromatic N) is 1. The zero-order valence-electron chi connectivity index (χ0n) is 12.5. The maximum Gasteiger partial charge on any atom is 0.410 e. The summed E-state index contributed by atoms with van der Waals surface area (Å²) in [4.78, 5) is 13.8. The van der Waals surface area contributed by atoms with E-state index in [-0.39, 0.29) is 18.5 Å². The molecule has 1 aliphatic heterocycles. The van der Waals surface area contributed by atoms with Gasteiger partial charge in [0, 0.05) is 13.1 Å². The second-order valence-electron chi connectivity index (χ2n) is 6.22. The van der Waals surface area contributed by atoms with E-state index in [1.165, 1.54) is 19.3 Å². The fourth-order valence-corrected chi connectivity index (χ4v) is 2.37. The average molecular weight is 293 g/mol.